The fraction of sp³-hybridized carbons (Fsp3) is 0.231. The van der Waals surface area contributed by atoms with Crippen LogP contribution in [0.2, 0.25) is 0 Å². The van der Waals surface area contributed by atoms with Crippen molar-refractivity contribution < 1.29 is 26.2 Å². The average molecular weight is 434 g/mol. The SMILES string of the molecule is [CH-]=C(C(=[C-]CCC)CCC)c1ccccc1.[CH]1[CH][CH][CH][CH]1.[CH]1[CH][CH][CH][CH]1.[Zr+4]. The minimum atomic E-state index is 0. The molecule has 10 radical (unpaired) electrons. The summed E-state index contributed by atoms with van der Waals surface area (Å²) in [7, 11) is 0. The van der Waals surface area contributed by atoms with E-state index in [9.17, 15) is 0 Å². The molecule has 1 aromatic rings. The minimum Gasteiger partial charge on any atom is -0.344 e. The van der Waals surface area contributed by atoms with Crippen LogP contribution in [0.4, 0.5) is 0 Å². The molecule has 0 N–H and O–H groups in total. The Labute approximate surface area is 189 Å². The van der Waals surface area contributed by atoms with Crippen molar-refractivity contribution in [3.63, 3.8) is 0 Å². The predicted molar refractivity (Wildman–Crippen MR) is 114 cm³/mol. The summed E-state index contributed by atoms with van der Waals surface area (Å²) in [6, 6.07) is 10.2. The van der Waals surface area contributed by atoms with Crippen molar-refractivity contribution in [1.82, 2.24) is 0 Å². The first-order valence-electron chi connectivity index (χ1n) is 9.40. The van der Waals surface area contributed by atoms with E-state index >= 15 is 0 Å². The maximum atomic E-state index is 6.18. The molecule has 3 rings (SSSR count). The van der Waals surface area contributed by atoms with Gasteiger partial charge in [0, 0.05) is 0 Å². The zero-order valence-electron chi connectivity index (χ0n) is 16.6. The standard InChI is InChI=1S/C16H20.2C5H5.Zr/c1-4-6-11-15(10-5-2)14(3)16-12-8-7-9-13-16;2*1-2-4-5-3-1;/h3,7-9,12-13H,4-6,10H2,1-2H3;2*1-5H;/q-2;;;+4. The van der Waals surface area contributed by atoms with Gasteiger partial charge in [0.05, 0.1) is 0 Å². The van der Waals surface area contributed by atoms with Crippen molar-refractivity contribution >= 4 is 5.57 Å². The second-order valence-corrected chi connectivity index (χ2v) is 5.86. The number of rotatable bonds is 6. The minimum absolute atomic E-state index is 0. The molecular weight excluding hydrogens is 404 g/mol. The molecule has 0 bridgehead atoms. The molecule has 136 valence electrons. The second kappa shape index (κ2) is 18.9. The summed E-state index contributed by atoms with van der Waals surface area (Å²) in [6.45, 7) is 10.5. The first kappa shape index (κ1) is 26.6. The number of hydrogen-bond donors (Lipinski definition) is 0. The van der Waals surface area contributed by atoms with Gasteiger partial charge >= 0.3 is 26.2 Å². The topological polar surface area (TPSA) is 0 Å². The number of unbranched alkanes of at least 4 members (excludes halogenated alkanes) is 1. The van der Waals surface area contributed by atoms with Crippen LogP contribution in [0.25, 0.3) is 5.57 Å². The summed E-state index contributed by atoms with van der Waals surface area (Å²) < 4.78 is 0. The third-order valence-corrected chi connectivity index (χ3v) is 3.61. The Balaban J connectivity index is 0.000000496. The Kier molecular flexibility index (Phi) is 18.6. The largest absolute Gasteiger partial charge is 4.00 e. The smallest absolute Gasteiger partial charge is 0.344 e. The van der Waals surface area contributed by atoms with E-state index in [2.05, 4.69) is 32.1 Å². The van der Waals surface area contributed by atoms with Crippen molar-refractivity contribution in [2.24, 2.45) is 0 Å². The van der Waals surface area contributed by atoms with Gasteiger partial charge in [0.2, 0.25) is 0 Å². The van der Waals surface area contributed by atoms with Crippen LogP contribution in [0.1, 0.15) is 45.1 Å². The number of hydrogen-bond acceptors (Lipinski definition) is 0. The molecule has 0 unspecified atom stereocenters. The molecule has 27 heavy (non-hydrogen) atoms. The number of benzene rings is 1. The van der Waals surface area contributed by atoms with Gasteiger partial charge < -0.3 is 23.8 Å². The van der Waals surface area contributed by atoms with Crippen molar-refractivity contribution in [3.8, 4) is 0 Å². The quantitative estimate of drug-likeness (QED) is 0.339. The Hall–Kier alpha value is -0.417. The molecule has 0 aromatic heterocycles. The van der Waals surface area contributed by atoms with Crippen molar-refractivity contribution in [1.29, 1.82) is 0 Å². The van der Waals surface area contributed by atoms with Crippen molar-refractivity contribution in [3.05, 3.63) is 118 Å². The van der Waals surface area contributed by atoms with E-state index in [0.29, 0.717) is 0 Å². The summed E-state index contributed by atoms with van der Waals surface area (Å²) >= 11 is 0. The van der Waals surface area contributed by atoms with E-state index in [-0.39, 0.29) is 26.2 Å². The van der Waals surface area contributed by atoms with Gasteiger partial charge in [-0.25, -0.2) is 5.56 Å². The Bertz CT molecular complexity index is 453. The first-order chi connectivity index (χ1) is 12.8. The molecule has 2 aliphatic rings. The van der Waals surface area contributed by atoms with Crippen molar-refractivity contribution in [2.75, 3.05) is 0 Å². The molecule has 0 aliphatic heterocycles. The summed E-state index contributed by atoms with van der Waals surface area (Å²) in [4.78, 5) is 0. The maximum Gasteiger partial charge on any atom is 4.00 e. The van der Waals surface area contributed by atoms with E-state index in [0.717, 1.165) is 36.8 Å². The van der Waals surface area contributed by atoms with Gasteiger partial charge in [-0.15, -0.1) is 25.0 Å². The van der Waals surface area contributed by atoms with Crippen molar-refractivity contribution in [2.45, 2.75) is 39.5 Å². The monoisotopic (exact) mass is 432 g/mol. The molecule has 2 saturated carbocycles. The molecule has 0 heterocycles. The number of allylic oxidation sites excluding steroid dienone is 3. The van der Waals surface area contributed by atoms with Crippen LogP contribution < -0.4 is 0 Å². The van der Waals surface area contributed by atoms with Gasteiger partial charge in [0.15, 0.2) is 0 Å². The summed E-state index contributed by atoms with van der Waals surface area (Å²) in [5, 5.41) is 0. The fourth-order valence-corrected chi connectivity index (χ4v) is 2.28. The van der Waals surface area contributed by atoms with Crippen LogP contribution >= 0.6 is 0 Å². The third kappa shape index (κ3) is 13.4. The van der Waals surface area contributed by atoms with Gasteiger partial charge in [-0.05, 0) is 64.2 Å². The van der Waals surface area contributed by atoms with E-state index < -0.39 is 0 Å². The summed E-state index contributed by atoms with van der Waals surface area (Å²) in [5.41, 5.74) is 3.17. The molecule has 1 aromatic carbocycles. The molecule has 0 atom stereocenters. The molecular formula is C26H30Zr+2. The predicted octanol–water partition coefficient (Wildman–Crippen LogP) is 6.87. The third-order valence-electron chi connectivity index (χ3n) is 3.61. The van der Waals surface area contributed by atoms with Gasteiger partial charge in [0.1, 0.15) is 0 Å². The van der Waals surface area contributed by atoms with E-state index in [4.69, 9.17) is 6.58 Å². The average Bonchev–Trinajstić information content (AvgIpc) is 3.44. The van der Waals surface area contributed by atoms with Crippen LogP contribution in [0.5, 0.6) is 0 Å². The molecule has 0 nitrogen and oxygen atoms in total. The molecule has 2 aliphatic carbocycles. The van der Waals surface area contributed by atoms with Crippen LogP contribution in [0.3, 0.4) is 0 Å². The van der Waals surface area contributed by atoms with Crippen LogP contribution in [0, 0.1) is 76.9 Å². The van der Waals surface area contributed by atoms with Gasteiger partial charge in [-0.3, -0.25) is 0 Å². The summed E-state index contributed by atoms with van der Waals surface area (Å²) in [5.74, 6) is 0. The Morgan fingerprint density at radius 3 is 1.56 bits per heavy atom. The second-order valence-electron chi connectivity index (χ2n) is 5.86. The zero-order valence-corrected chi connectivity index (χ0v) is 19.0. The fourth-order valence-electron chi connectivity index (χ4n) is 2.28. The van der Waals surface area contributed by atoms with Gasteiger partial charge in [0.25, 0.3) is 0 Å². The van der Waals surface area contributed by atoms with E-state index in [1.165, 1.54) is 5.57 Å². The van der Waals surface area contributed by atoms with Gasteiger partial charge in [-0.1, -0.05) is 44.9 Å². The molecule has 0 saturated heterocycles. The van der Waals surface area contributed by atoms with Crippen LogP contribution in [-0.4, -0.2) is 0 Å². The molecule has 0 spiro atoms. The van der Waals surface area contributed by atoms with Gasteiger partial charge in [-0.2, -0.15) is 0 Å². The van der Waals surface area contributed by atoms with Crippen LogP contribution in [0.15, 0.2) is 35.9 Å². The van der Waals surface area contributed by atoms with E-state index in [1.807, 2.05) is 82.4 Å². The van der Waals surface area contributed by atoms with E-state index in [1.54, 1.807) is 0 Å². The molecule has 1 heteroatoms. The molecule has 0 amide bonds. The zero-order chi connectivity index (χ0) is 18.9. The van der Waals surface area contributed by atoms with Crippen LogP contribution in [-0.2, 0) is 26.2 Å². The maximum absolute atomic E-state index is 6.18. The first-order valence-corrected chi connectivity index (χ1v) is 9.40. The Morgan fingerprint density at radius 2 is 1.19 bits per heavy atom. The Morgan fingerprint density at radius 1 is 0.741 bits per heavy atom. The summed E-state index contributed by atoms with van der Waals surface area (Å²) in [6.07, 6.45) is 27.7. The molecule has 2 fully saturated rings. The normalized spacial score (nSPS) is 15.7.